The first kappa shape index (κ1) is 20.3. The molecule has 0 aliphatic carbocycles. The number of benzene rings is 1. The molecule has 0 aliphatic heterocycles. The van der Waals surface area contributed by atoms with E-state index in [0.717, 1.165) is 16.4 Å². The van der Waals surface area contributed by atoms with E-state index >= 15 is 0 Å². The molecule has 0 bridgehead atoms. The highest BCUT2D eigenvalue weighted by Gasteiger charge is 2.22. The van der Waals surface area contributed by atoms with E-state index in [0.29, 0.717) is 29.3 Å². The summed E-state index contributed by atoms with van der Waals surface area (Å²) in [5.41, 5.74) is 3.73. The number of aryl methyl sites for hydroxylation is 1. The number of likely N-dealkylation sites (N-methyl/N-ethyl adjacent to an activating group) is 1. The van der Waals surface area contributed by atoms with Crippen LogP contribution in [0.5, 0.6) is 0 Å². The van der Waals surface area contributed by atoms with Gasteiger partial charge in [0.1, 0.15) is 23.0 Å². The maximum absolute atomic E-state index is 14.3. The number of fused-ring (bicyclic) bond motifs is 3. The summed E-state index contributed by atoms with van der Waals surface area (Å²) in [5, 5.41) is 13.6. The van der Waals surface area contributed by atoms with E-state index in [-0.39, 0.29) is 5.69 Å². The zero-order valence-electron chi connectivity index (χ0n) is 17.7. The van der Waals surface area contributed by atoms with Crippen LogP contribution in [0.3, 0.4) is 0 Å². The van der Waals surface area contributed by atoms with E-state index < -0.39 is 11.9 Å². The molecule has 0 fully saturated rings. The predicted octanol–water partition coefficient (Wildman–Crippen LogP) is 3.78. The molecular weight excluding hydrogens is 395 g/mol. The molecular formula is C22H21FN8. The minimum atomic E-state index is -0.487. The van der Waals surface area contributed by atoms with Crippen molar-refractivity contribution in [1.29, 1.82) is 5.26 Å². The summed E-state index contributed by atoms with van der Waals surface area (Å²) in [6.45, 7) is 7.62. The number of aromatic nitrogens is 4. The average molecular weight is 416 g/mol. The van der Waals surface area contributed by atoms with Crippen molar-refractivity contribution in [2.45, 2.75) is 12.6 Å². The maximum Gasteiger partial charge on any atom is 0.190 e. The molecule has 156 valence electrons. The molecule has 0 aliphatic rings. The summed E-state index contributed by atoms with van der Waals surface area (Å²) >= 11 is 0. The Hall–Kier alpha value is -3.95. The van der Waals surface area contributed by atoms with Crippen molar-refractivity contribution in [3.05, 3.63) is 47.8 Å². The molecule has 0 amide bonds. The molecule has 4 aromatic rings. The molecule has 1 aromatic carbocycles. The van der Waals surface area contributed by atoms with Gasteiger partial charge in [0, 0.05) is 25.2 Å². The number of nitriles is 1. The maximum atomic E-state index is 14.3. The van der Waals surface area contributed by atoms with Crippen LogP contribution in [0.2, 0.25) is 0 Å². The standard InChI is InChI=1S/C22H21FN8/c1-25-15-7-13(6-14(23)8-15)18-9-17-20-19(27-12-30(20)5)21(26-2)28-22(17)31(18)11-16(10-24)29(3)4/h6-9,12,16H,11H2,2-5H3,(H,26,28). The fraction of sp³-hybridized carbons (Fsp3) is 0.273. The lowest BCUT2D eigenvalue weighted by Gasteiger charge is -2.20. The SMILES string of the molecule is [C-]#[N+]c1cc(F)cc(-c2cc3c4c(ncn4C)c(NC)nc3n2CC(C#N)N(C)C)c1. The summed E-state index contributed by atoms with van der Waals surface area (Å²) in [5.74, 6) is 0.132. The third-order valence-corrected chi connectivity index (χ3v) is 5.37. The third kappa shape index (κ3) is 3.35. The van der Waals surface area contributed by atoms with Crippen molar-refractivity contribution in [2.24, 2.45) is 7.05 Å². The highest BCUT2D eigenvalue weighted by molar-refractivity contribution is 6.07. The highest BCUT2D eigenvalue weighted by Crippen LogP contribution is 2.36. The van der Waals surface area contributed by atoms with Gasteiger partial charge in [0.15, 0.2) is 11.5 Å². The quantitative estimate of drug-likeness (QED) is 0.501. The fourth-order valence-electron chi connectivity index (χ4n) is 3.79. The first-order chi connectivity index (χ1) is 14.9. The third-order valence-electron chi connectivity index (χ3n) is 5.37. The number of rotatable bonds is 5. The molecule has 3 aromatic heterocycles. The normalized spacial score (nSPS) is 12.3. The van der Waals surface area contributed by atoms with E-state index in [2.05, 4.69) is 21.2 Å². The number of anilines is 1. The Kier molecular flexibility index (Phi) is 5.05. The lowest BCUT2D eigenvalue weighted by atomic mass is 10.1. The summed E-state index contributed by atoms with van der Waals surface area (Å²) in [6, 6.07) is 8.07. The molecule has 0 saturated carbocycles. The smallest absolute Gasteiger partial charge is 0.190 e. The minimum Gasteiger partial charge on any atom is -0.371 e. The topological polar surface area (TPSA) is 79.1 Å². The van der Waals surface area contributed by atoms with Gasteiger partial charge in [-0.05, 0) is 43.9 Å². The van der Waals surface area contributed by atoms with Crippen LogP contribution in [-0.4, -0.2) is 51.2 Å². The van der Waals surface area contributed by atoms with Crippen LogP contribution >= 0.6 is 0 Å². The lowest BCUT2D eigenvalue weighted by Crippen LogP contribution is -2.31. The van der Waals surface area contributed by atoms with Crippen LogP contribution < -0.4 is 5.32 Å². The zero-order valence-corrected chi connectivity index (χ0v) is 17.7. The Labute approximate surface area is 179 Å². The Bertz CT molecular complexity index is 1380. The largest absolute Gasteiger partial charge is 0.371 e. The van der Waals surface area contributed by atoms with Gasteiger partial charge in [-0.2, -0.15) is 5.26 Å². The molecule has 31 heavy (non-hydrogen) atoms. The van der Waals surface area contributed by atoms with Crippen LogP contribution in [-0.2, 0) is 13.6 Å². The molecule has 1 unspecified atom stereocenters. The lowest BCUT2D eigenvalue weighted by molar-refractivity contribution is 0.322. The van der Waals surface area contributed by atoms with Crippen molar-refractivity contribution >= 4 is 33.6 Å². The molecule has 4 rings (SSSR count). The van der Waals surface area contributed by atoms with E-state index in [9.17, 15) is 9.65 Å². The molecule has 1 atom stereocenters. The average Bonchev–Trinajstić information content (AvgIpc) is 3.31. The van der Waals surface area contributed by atoms with E-state index in [1.807, 2.05) is 41.2 Å². The second kappa shape index (κ2) is 7.71. The van der Waals surface area contributed by atoms with Crippen LogP contribution in [0, 0.1) is 23.7 Å². The fourth-order valence-corrected chi connectivity index (χ4v) is 3.79. The van der Waals surface area contributed by atoms with Gasteiger partial charge in [0.05, 0.1) is 31.0 Å². The Morgan fingerprint density at radius 2 is 2.10 bits per heavy atom. The number of imidazole rings is 1. The Balaban J connectivity index is 2.10. The monoisotopic (exact) mass is 416 g/mol. The molecule has 1 N–H and O–H groups in total. The van der Waals surface area contributed by atoms with Gasteiger partial charge in [-0.3, -0.25) is 4.90 Å². The minimum absolute atomic E-state index is 0.214. The number of nitrogens with one attached hydrogen (secondary N) is 1. The van der Waals surface area contributed by atoms with Gasteiger partial charge in [-0.15, -0.1) is 0 Å². The molecule has 0 saturated heterocycles. The van der Waals surface area contributed by atoms with Gasteiger partial charge in [-0.1, -0.05) is 0 Å². The molecule has 8 nitrogen and oxygen atoms in total. The van der Waals surface area contributed by atoms with Crippen molar-refractivity contribution in [2.75, 3.05) is 26.5 Å². The van der Waals surface area contributed by atoms with Gasteiger partial charge in [0.2, 0.25) is 0 Å². The van der Waals surface area contributed by atoms with Crippen LogP contribution in [0.1, 0.15) is 0 Å². The Morgan fingerprint density at radius 1 is 1.32 bits per heavy atom. The summed E-state index contributed by atoms with van der Waals surface area (Å²) in [6.07, 6.45) is 1.72. The van der Waals surface area contributed by atoms with Gasteiger partial charge in [-0.25, -0.2) is 19.2 Å². The van der Waals surface area contributed by atoms with Crippen molar-refractivity contribution in [3.8, 4) is 17.3 Å². The second-order valence-corrected chi connectivity index (χ2v) is 7.56. The first-order valence-electron chi connectivity index (χ1n) is 9.64. The summed E-state index contributed by atoms with van der Waals surface area (Å²) < 4.78 is 18.1. The molecule has 3 heterocycles. The van der Waals surface area contributed by atoms with Crippen molar-refractivity contribution < 1.29 is 4.39 Å². The number of hydrogen-bond donors (Lipinski definition) is 1. The zero-order chi connectivity index (χ0) is 22.3. The number of hydrogen-bond acceptors (Lipinski definition) is 5. The highest BCUT2D eigenvalue weighted by atomic mass is 19.1. The Morgan fingerprint density at radius 3 is 2.74 bits per heavy atom. The van der Waals surface area contributed by atoms with Crippen molar-refractivity contribution in [3.63, 3.8) is 0 Å². The molecule has 0 radical (unpaired) electrons. The summed E-state index contributed by atoms with van der Waals surface area (Å²) in [4.78, 5) is 14.5. The van der Waals surface area contributed by atoms with E-state index in [1.165, 1.54) is 12.1 Å². The number of nitrogens with zero attached hydrogens (tertiary/aromatic N) is 7. The number of halogens is 1. The van der Waals surface area contributed by atoms with Gasteiger partial charge in [0.25, 0.3) is 0 Å². The molecule has 0 spiro atoms. The number of pyridine rings is 1. The predicted molar refractivity (Wildman–Crippen MR) is 118 cm³/mol. The molecule has 9 heteroatoms. The van der Waals surface area contributed by atoms with Crippen LogP contribution in [0.15, 0.2) is 30.6 Å². The van der Waals surface area contributed by atoms with Gasteiger partial charge < -0.3 is 14.5 Å². The van der Waals surface area contributed by atoms with Gasteiger partial charge >= 0.3 is 0 Å². The van der Waals surface area contributed by atoms with Crippen LogP contribution in [0.25, 0.3) is 38.2 Å². The van der Waals surface area contributed by atoms with Crippen molar-refractivity contribution in [1.82, 2.24) is 24.0 Å². The first-order valence-corrected chi connectivity index (χ1v) is 9.64. The van der Waals surface area contributed by atoms with E-state index in [4.69, 9.17) is 11.6 Å². The summed E-state index contributed by atoms with van der Waals surface area (Å²) in [7, 11) is 7.36. The van der Waals surface area contributed by atoms with E-state index in [1.54, 1.807) is 19.4 Å². The second-order valence-electron chi connectivity index (χ2n) is 7.56. The van der Waals surface area contributed by atoms with Crippen LogP contribution in [0.4, 0.5) is 15.9 Å².